The van der Waals surface area contributed by atoms with E-state index in [1.807, 2.05) is 25.1 Å². The largest absolute Gasteiger partial charge is 0.325 e. The normalized spacial score (nSPS) is 10.2. The predicted octanol–water partition coefficient (Wildman–Crippen LogP) is 4.01. The summed E-state index contributed by atoms with van der Waals surface area (Å²) in [5, 5.41) is 13.9. The predicted molar refractivity (Wildman–Crippen MR) is 82.7 cm³/mol. The van der Waals surface area contributed by atoms with Gasteiger partial charge in [0.05, 0.1) is 15.5 Å². The van der Waals surface area contributed by atoms with Gasteiger partial charge in [0, 0.05) is 17.9 Å². The Morgan fingerprint density at radius 3 is 2.57 bits per heavy atom. The van der Waals surface area contributed by atoms with E-state index >= 15 is 0 Å². The lowest BCUT2D eigenvalue weighted by Crippen LogP contribution is -2.06. The highest BCUT2D eigenvalue weighted by atomic mass is 32.2. The summed E-state index contributed by atoms with van der Waals surface area (Å²) in [6, 6.07) is 12.3. The van der Waals surface area contributed by atoms with Crippen molar-refractivity contribution in [3.63, 3.8) is 0 Å². The van der Waals surface area contributed by atoms with E-state index in [9.17, 15) is 14.9 Å². The number of amides is 1. The van der Waals surface area contributed by atoms with Gasteiger partial charge < -0.3 is 5.32 Å². The fourth-order valence-corrected chi connectivity index (χ4v) is 2.81. The zero-order chi connectivity index (χ0) is 15.4. The van der Waals surface area contributed by atoms with Crippen molar-refractivity contribution in [2.24, 2.45) is 0 Å². The molecule has 2 aromatic carbocycles. The Balaban J connectivity index is 2.39. The van der Waals surface area contributed by atoms with E-state index < -0.39 is 4.92 Å². The average Bonchev–Trinajstić information content (AvgIpc) is 2.42. The van der Waals surface area contributed by atoms with Gasteiger partial charge >= 0.3 is 0 Å². The highest BCUT2D eigenvalue weighted by Gasteiger charge is 2.16. The summed E-state index contributed by atoms with van der Waals surface area (Å²) in [6.07, 6.45) is 0. The summed E-state index contributed by atoms with van der Waals surface area (Å²) in [5.74, 6) is -0.179. The summed E-state index contributed by atoms with van der Waals surface area (Å²) in [7, 11) is 0. The van der Waals surface area contributed by atoms with Gasteiger partial charge in [-0.05, 0) is 30.7 Å². The Hall–Kier alpha value is -2.34. The van der Waals surface area contributed by atoms with Crippen molar-refractivity contribution in [2.45, 2.75) is 23.6 Å². The molecule has 0 spiro atoms. The zero-order valence-electron chi connectivity index (χ0n) is 11.6. The number of carbonyl (C=O) groups excluding carboxylic acids is 1. The number of hydrogen-bond donors (Lipinski definition) is 1. The number of nitro groups is 1. The molecule has 108 valence electrons. The molecule has 0 fully saturated rings. The Kier molecular flexibility index (Phi) is 4.59. The van der Waals surface area contributed by atoms with Crippen LogP contribution in [-0.2, 0) is 4.79 Å². The average molecular weight is 302 g/mol. The number of carbonyl (C=O) groups is 1. The van der Waals surface area contributed by atoms with Gasteiger partial charge in [0.2, 0.25) is 5.91 Å². The third-order valence-electron chi connectivity index (χ3n) is 2.73. The van der Waals surface area contributed by atoms with E-state index in [-0.39, 0.29) is 11.6 Å². The fourth-order valence-electron chi connectivity index (χ4n) is 1.82. The second-order valence-electron chi connectivity index (χ2n) is 4.51. The first-order valence-corrected chi connectivity index (χ1v) is 7.08. The number of hydrogen-bond acceptors (Lipinski definition) is 4. The molecule has 0 aliphatic heterocycles. The fraction of sp³-hybridized carbons (Fsp3) is 0.133. The number of para-hydroxylation sites is 1. The van der Waals surface area contributed by atoms with E-state index in [1.54, 1.807) is 24.3 Å². The molecular formula is C15H14N2O3S. The van der Waals surface area contributed by atoms with Crippen molar-refractivity contribution < 1.29 is 9.72 Å². The molecule has 6 heteroatoms. The lowest BCUT2D eigenvalue weighted by Gasteiger charge is -2.09. The second-order valence-corrected chi connectivity index (χ2v) is 5.59. The molecular weight excluding hydrogens is 288 g/mol. The number of nitrogens with one attached hydrogen (secondary N) is 1. The van der Waals surface area contributed by atoms with Gasteiger partial charge in [-0.15, -0.1) is 0 Å². The lowest BCUT2D eigenvalue weighted by atomic mass is 10.2. The van der Waals surface area contributed by atoms with Crippen LogP contribution < -0.4 is 5.32 Å². The maximum absolute atomic E-state index is 11.2. The third kappa shape index (κ3) is 3.82. The molecule has 1 N–H and O–H groups in total. The SMILES string of the molecule is CC(=O)Nc1ccccc1Sc1ccc(C)cc1[N+](=O)[O-]. The van der Waals surface area contributed by atoms with Crippen LogP contribution in [0.1, 0.15) is 12.5 Å². The van der Waals surface area contributed by atoms with Gasteiger partial charge in [0.25, 0.3) is 5.69 Å². The van der Waals surface area contributed by atoms with Crippen LogP contribution in [0.5, 0.6) is 0 Å². The quantitative estimate of drug-likeness (QED) is 0.684. The summed E-state index contributed by atoms with van der Waals surface area (Å²) in [5.41, 5.74) is 1.55. The Morgan fingerprint density at radius 2 is 1.90 bits per heavy atom. The van der Waals surface area contributed by atoms with Crippen molar-refractivity contribution in [1.82, 2.24) is 0 Å². The molecule has 2 rings (SSSR count). The van der Waals surface area contributed by atoms with Crippen LogP contribution in [-0.4, -0.2) is 10.8 Å². The van der Waals surface area contributed by atoms with Crippen molar-refractivity contribution in [3.05, 3.63) is 58.1 Å². The van der Waals surface area contributed by atoms with Crippen LogP contribution in [0, 0.1) is 17.0 Å². The molecule has 0 aliphatic rings. The Morgan fingerprint density at radius 1 is 1.19 bits per heavy atom. The van der Waals surface area contributed by atoms with Gasteiger partial charge in [0.15, 0.2) is 0 Å². The van der Waals surface area contributed by atoms with Crippen LogP contribution in [0.4, 0.5) is 11.4 Å². The summed E-state index contributed by atoms with van der Waals surface area (Å²) < 4.78 is 0. The van der Waals surface area contributed by atoms with Crippen LogP contribution in [0.2, 0.25) is 0 Å². The van der Waals surface area contributed by atoms with E-state index in [0.29, 0.717) is 10.6 Å². The minimum absolute atomic E-state index is 0.0672. The molecule has 5 nitrogen and oxygen atoms in total. The molecule has 0 saturated carbocycles. The number of rotatable bonds is 4. The standard InChI is InChI=1S/C15H14N2O3S/c1-10-7-8-15(13(9-10)17(19)20)21-14-6-4-3-5-12(14)16-11(2)18/h3-9H,1-2H3,(H,16,18). The van der Waals surface area contributed by atoms with Crippen molar-refractivity contribution in [1.29, 1.82) is 0 Å². The molecule has 0 unspecified atom stereocenters. The van der Waals surface area contributed by atoms with Crippen molar-refractivity contribution >= 4 is 29.0 Å². The number of aryl methyl sites for hydroxylation is 1. The maximum atomic E-state index is 11.2. The molecule has 1 amide bonds. The smallest absolute Gasteiger partial charge is 0.283 e. The third-order valence-corrected chi connectivity index (χ3v) is 3.87. The van der Waals surface area contributed by atoms with Gasteiger partial charge in [-0.1, -0.05) is 30.0 Å². The highest BCUT2D eigenvalue weighted by Crippen LogP contribution is 2.38. The first-order valence-electron chi connectivity index (χ1n) is 6.27. The van der Waals surface area contributed by atoms with Crippen LogP contribution in [0.15, 0.2) is 52.3 Å². The second kappa shape index (κ2) is 6.41. The monoisotopic (exact) mass is 302 g/mol. The van der Waals surface area contributed by atoms with Gasteiger partial charge in [-0.25, -0.2) is 0 Å². The lowest BCUT2D eigenvalue weighted by molar-refractivity contribution is -0.387. The Bertz CT molecular complexity index is 701. The zero-order valence-corrected chi connectivity index (χ0v) is 12.4. The molecule has 0 heterocycles. The number of nitrogens with zero attached hydrogens (tertiary/aromatic N) is 1. The maximum Gasteiger partial charge on any atom is 0.283 e. The van der Waals surface area contributed by atoms with E-state index in [4.69, 9.17) is 0 Å². The molecule has 21 heavy (non-hydrogen) atoms. The summed E-state index contributed by atoms with van der Waals surface area (Å²) >= 11 is 1.26. The number of anilines is 1. The summed E-state index contributed by atoms with van der Waals surface area (Å²) in [6.45, 7) is 3.24. The highest BCUT2D eigenvalue weighted by molar-refractivity contribution is 7.99. The molecule has 0 radical (unpaired) electrons. The van der Waals surface area contributed by atoms with Gasteiger partial charge in [0.1, 0.15) is 0 Å². The molecule has 2 aromatic rings. The van der Waals surface area contributed by atoms with Crippen LogP contribution in [0.25, 0.3) is 0 Å². The summed E-state index contributed by atoms with van der Waals surface area (Å²) in [4.78, 5) is 23.3. The minimum atomic E-state index is -0.393. The van der Waals surface area contributed by atoms with Crippen LogP contribution in [0.3, 0.4) is 0 Å². The first-order chi connectivity index (χ1) is 9.97. The van der Waals surface area contributed by atoms with Gasteiger partial charge in [-0.3, -0.25) is 14.9 Å². The van der Waals surface area contributed by atoms with Crippen molar-refractivity contribution in [3.8, 4) is 0 Å². The van der Waals surface area contributed by atoms with Crippen molar-refractivity contribution in [2.75, 3.05) is 5.32 Å². The van der Waals surface area contributed by atoms with E-state index in [1.165, 1.54) is 18.7 Å². The molecule has 0 aromatic heterocycles. The molecule has 0 saturated heterocycles. The molecule has 0 aliphatic carbocycles. The molecule has 0 atom stereocenters. The minimum Gasteiger partial charge on any atom is -0.325 e. The first kappa shape index (κ1) is 15.1. The number of benzene rings is 2. The number of nitro benzene ring substituents is 1. The topological polar surface area (TPSA) is 72.2 Å². The van der Waals surface area contributed by atoms with Crippen LogP contribution >= 0.6 is 11.8 Å². The molecule has 0 bridgehead atoms. The van der Waals surface area contributed by atoms with E-state index in [2.05, 4.69) is 5.32 Å². The Labute approximate surface area is 126 Å². The van der Waals surface area contributed by atoms with E-state index in [0.717, 1.165) is 10.5 Å². The van der Waals surface area contributed by atoms with Gasteiger partial charge in [-0.2, -0.15) is 0 Å².